The topological polar surface area (TPSA) is 64.2 Å². The van der Waals surface area contributed by atoms with Gasteiger partial charge >= 0.3 is 0 Å². The molecule has 2 aromatic rings. The third kappa shape index (κ3) is 2.23. The molecule has 0 radical (unpaired) electrons. The quantitative estimate of drug-likeness (QED) is 0.919. The number of nitrogens with two attached hydrogens (primary N) is 1. The summed E-state index contributed by atoms with van der Waals surface area (Å²) >= 11 is 11.9. The number of rotatable bonds is 2. The van der Waals surface area contributed by atoms with E-state index in [4.69, 9.17) is 28.9 Å². The second kappa shape index (κ2) is 4.66. The summed E-state index contributed by atoms with van der Waals surface area (Å²) in [5.74, 6) is 0.186. The van der Waals surface area contributed by atoms with E-state index in [1.807, 2.05) is 0 Å². The zero-order valence-electron chi connectivity index (χ0n) is 9.94. The average Bonchev–Trinajstić information content (AvgIpc) is 2.56. The molecule has 2 N–H and O–H groups in total. The summed E-state index contributed by atoms with van der Waals surface area (Å²) in [7, 11) is 3.36. The van der Waals surface area contributed by atoms with Crippen LogP contribution in [0.15, 0.2) is 12.1 Å². The SMILES string of the molecule is CN(C)C(=O)Cn1c(N)nc2cc(Cl)c(Cl)cc21. The Balaban J connectivity index is 2.53. The number of carbonyl (C=O) groups excluding carboxylic acids is 1. The Bertz CT molecular complexity index is 621. The second-order valence-electron chi connectivity index (χ2n) is 4.10. The average molecular weight is 287 g/mol. The number of nitrogen functional groups attached to an aromatic ring is 1. The number of aromatic nitrogens is 2. The van der Waals surface area contributed by atoms with E-state index in [0.29, 0.717) is 21.1 Å². The van der Waals surface area contributed by atoms with Gasteiger partial charge < -0.3 is 15.2 Å². The molecule has 0 spiro atoms. The Labute approximate surface area is 114 Å². The fraction of sp³-hybridized carbons (Fsp3) is 0.273. The van der Waals surface area contributed by atoms with Gasteiger partial charge in [-0.25, -0.2) is 4.98 Å². The van der Waals surface area contributed by atoms with Crippen molar-refractivity contribution >= 4 is 46.1 Å². The van der Waals surface area contributed by atoms with Crippen molar-refractivity contribution in [2.45, 2.75) is 6.54 Å². The maximum atomic E-state index is 11.7. The Kier molecular flexibility index (Phi) is 3.36. The number of anilines is 1. The highest BCUT2D eigenvalue weighted by atomic mass is 35.5. The largest absolute Gasteiger partial charge is 0.369 e. The first kappa shape index (κ1) is 13.0. The van der Waals surface area contributed by atoms with E-state index in [2.05, 4.69) is 4.98 Å². The van der Waals surface area contributed by atoms with E-state index in [1.165, 1.54) is 4.90 Å². The van der Waals surface area contributed by atoms with Gasteiger partial charge in [-0.1, -0.05) is 23.2 Å². The van der Waals surface area contributed by atoms with Gasteiger partial charge in [0, 0.05) is 14.1 Å². The first-order valence-electron chi connectivity index (χ1n) is 5.21. The van der Waals surface area contributed by atoms with Crippen LogP contribution in [0.1, 0.15) is 0 Å². The molecule has 5 nitrogen and oxygen atoms in total. The molecule has 2 rings (SSSR count). The highest BCUT2D eigenvalue weighted by molar-refractivity contribution is 6.42. The number of nitrogens with zero attached hydrogens (tertiary/aromatic N) is 3. The van der Waals surface area contributed by atoms with Crippen LogP contribution in [-0.4, -0.2) is 34.5 Å². The predicted molar refractivity (Wildman–Crippen MR) is 72.9 cm³/mol. The molecule has 0 bridgehead atoms. The summed E-state index contributed by atoms with van der Waals surface area (Å²) in [6.45, 7) is 0.118. The van der Waals surface area contributed by atoms with Crippen molar-refractivity contribution in [1.82, 2.24) is 14.5 Å². The van der Waals surface area contributed by atoms with Crippen LogP contribution < -0.4 is 5.73 Å². The molecular weight excluding hydrogens is 275 g/mol. The molecule has 96 valence electrons. The van der Waals surface area contributed by atoms with E-state index in [1.54, 1.807) is 30.8 Å². The van der Waals surface area contributed by atoms with Crippen molar-refractivity contribution in [2.75, 3.05) is 19.8 Å². The van der Waals surface area contributed by atoms with Gasteiger partial charge in [-0.15, -0.1) is 0 Å². The maximum absolute atomic E-state index is 11.7. The van der Waals surface area contributed by atoms with E-state index < -0.39 is 0 Å². The number of amides is 1. The summed E-state index contributed by atoms with van der Waals surface area (Å²) in [4.78, 5) is 17.4. The first-order valence-corrected chi connectivity index (χ1v) is 5.96. The number of carbonyl (C=O) groups is 1. The van der Waals surface area contributed by atoms with Gasteiger partial charge in [0.1, 0.15) is 6.54 Å². The lowest BCUT2D eigenvalue weighted by molar-refractivity contribution is -0.129. The normalized spacial score (nSPS) is 10.9. The lowest BCUT2D eigenvalue weighted by Crippen LogP contribution is -2.26. The molecule has 1 aromatic heterocycles. The number of fused-ring (bicyclic) bond motifs is 1. The number of likely N-dealkylation sites (N-methyl/N-ethyl adjacent to an activating group) is 1. The van der Waals surface area contributed by atoms with Crippen molar-refractivity contribution in [3.63, 3.8) is 0 Å². The number of hydrogen-bond acceptors (Lipinski definition) is 3. The Morgan fingerprint density at radius 1 is 1.39 bits per heavy atom. The molecule has 0 aliphatic heterocycles. The van der Waals surface area contributed by atoms with Gasteiger partial charge in [-0.3, -0.25) is 4.79 Å². The van der Waals surface area contributed by atoms with Gasteiger partial charge in [0.2, 0.25) is 11.9 Å². The molecule has 0 fully saturated rings. The van der Waals surface area contributed by atoms with Crippen LogP contribution in [0.25, 0.3) is 11.0 Å². The number of benzene rings is 1. The molecule has 1 heterocycles. The van der Waals surface area contributed by atoms with Crippen molar-refractivity contribution < 1.29 is 4.79 Å². The highest BCUT2D eigenvalue weighted by Crippen LogP contribution is 2.28. The summed E-state index contributed by atoms with van der Waals surface area (Å²) in [5, 5.41) is 0.815. The van der Waals surface area contributed by atoms with Crippen LogP contribution in [-0.2, 0) is 11.3 Å². The summed E-state index contributed by atoms with van der Waals surface area (Å²) in [5.41, 5.74) is 7.11. The van der Waals surface area contributed by atoms with Gasteiger partial charge in [0.25, 0.3) is 0 Å². The molecule has 0 saturated carbocycles. The molecule has 0 atom stereocenters. The maximum Gasteiger partial charge on any atom is 0.242 e. The molecular formula is C11H12Cl2N4O. The minimum atomic E-state index is -0.0768. The molecule has 0 unspecified atom stereocenters. The van der Waals surface area contributed by atoms with Crippen LogP contribution >= 0.6 is 23.2 Å². The van der Waals surface area contributed by atoms with Crippen LogP contribution in [0.5, 0.6) is 0 Å². The molecule has 0 aliphatic rings. The van der Waals surface area contributed by atoms with Crippen molar-refractivity contribution in [2.24, 2.45) is 0 Å². The fourth-order valence-electron chi connectivity index (χ4n) is 1.58. The van der Waals surface area contributed by atoms with Crippen LogP contribution in [0.4, 0.5) is 5.95 Å². The molecule has 1 aromatic carbocycles. The van der Waals surface area contributed by atoms with Crippen molar-refractivity contribution in [1.29, 1.82) is 0 Å². The Morgan fingerprint density at radius 2 is 2.00 bits per heavy atom. The monoisotopic (exact) mass is 286 g/mol. The highest BCUT2D eigenvalue weighted by Gasteiger charge is 2.14. The van der Waals surface area contributed by atoms with E-state index in [0.717, 1.165) is 0 Å². The van der Waals surface area contributed by atoms with Crippen LogP contribution in [0.3, 0.4) is 0 Å². The third-order valence-electron chi connectivity index (χ3n) is 2.61. The minimum absolute atomic E-state index is 0.0768. The van der Waals surface area contributed by atoms with Gasteiger partial charge in [0.15, 0.2) is 0 Å². The Morgan fingerprint density at radius 3 is 2.61 bits per heavy atom. The lowest BCUT2D eigenvalue weighted by Gasteiger charge is -2.12. The molecule has 0 saturated heterocycles. The lowest BCUT2D eigenvalue weighted by atomic mass is 10.3. The number of imidazole rings is 1. The standard InChI is InChI=1S/C11H12Cl2N4O/c1-16(2)10(18)5-17-9-4-7(13)6(12)3-8(9)15-11(17)14/h3-4H,5H2,1-2H3,(H2,14,15). The third-order valence-corrected chi connectivity index (χ3v) is 3.33. The predicted octanol–water partition coefficient (Wildman–Crippen LogP) is 2.01. The van der Waals surface area contributed by atoms with Gasteiger partial charge in [-0.05, 0) is 12.1 Å². The Hall–Kier alpha value is -1.46. The molecule has 1 amide bonds. The number of hydrogen-bond donors (Lipinski definition) is 1. The number of halogens is 2. The summed E-state index contributed by atoms with van der Waals surface area (Å²) in [6.07, 6.45) is 0. The zero-order chi connectivity index (χ0) is 13.4. The minimum Gasteiger partial charge on any atom is -0.369 e. The van der Waals surface area contributed by atoms with Crippen LogP contribution in [0, 0.1) is 0 Å². The molecule has 0 aliphatic carbocycles. The first-order chi connectivity index (χ1) is 8.40. The van der Waals surface area contributed by atoms with E-state index in [9.17, 15) is 4.79 Å². The summed E-state index contributed by atoms with van der Waals surface area (Å²) in [6, 6.07) is 3.29. The van der Waals surface area contributed by atoms with Crippen LogP contribution in [0.2, 0.25) is 10.0 Å². The fourth-order valence-corrected chi connectivity index (χ4v) is 1.90. The summed E-state index contributed by atoms with van der Waals surface area (Å²) < 4.78 is 1.61. The molecule has 7 heteroatoms. The second-order valence-corrected chi connectivity index (χ2v) is 4.91. The van der Waals surface area contributed by atoms with Crippen molar-refractivity contribution in [3.05, 3.63) is 22.2 Å². The van der Waals surface area contributed by atoms with E-state index >= 15 is 0 Å². The van der Waals surface area contributed by atoms with Crippen molar-refractivity contribution in [3.8, 4) is 0 Å². The van der Waals surface area contributed by atoms with E-state index in [-0.39, 0.29) is 18.4 Å². The molecule has 18 heavy (non-hydrogen) atoms. The van der Waals surface area contributed by atoms with Gasteiger partial charge in [0.05, 0.1) is 21.1 Å². The smallest absolute Gasteiger partial charge is 0.242 e. The van der Waals surface area contributed by atoms with Gasteiger partial charge in [-0.2, -0.15) is 0 Å². The zero-order valence-corrected chi connectivity index (χ0v) is 11.5.